The van der Waals surface area contributed by atoms with E-state index >= 15 is 0 Å². The fourth-order valence-corrected chi connectivity index (χ4v) is 4.17. The number of carbonyl (C=O) groups is 2. The second-order valence-corrected chi connectivity index (χ2v) is 7.25. The molecule has 0 fully saturated rings. The Morgan fingerprint density at radius 2 is 2.04 bits per heavy atom. The first-order valence-electron chi connectivity index (χ1n) is 8.85. The van der Waals surface area contributed by atoms with E-state index < -0.39 is 11.9 Å². The first kappa shape index (κ1) is 18.9. The van der Waals surface area contributed by atoms with Crippen LogP contribution in [0.4, 0.5) is 5.00 Å². The maximum absolute atomic E-state index is 12.0. The van der Waals surface area contributed by atoms with Gasteiger partial charge >= 0.3 is 5.97 Å². The molecule has 6 nitrogen and oxygen atoms in total. The third-order valence-corrected chi connectivity index (χ3v) is 5.39. The van der Waals surface area contributed by atoms with Crippen molar-refractivity contribution in [3.63, 3.8) is 0 Å². The van der Waals surface area contributed by atoms with Gasteiger partial charge in [0, 0.05) is 11.3 Å². The molecule has 0 atom stereocenters. The molecule has 140 valence electrons. The number of nitriles is 1. The highest BCUT2D eigenvalue weighted by Crippen LogP contribution is 2.38. The van der Waals surface area contributed by atoms with E-state index in [0.29, 0.717) is 23.6 Å². The zero-order valence-electron chi connectivity index (χ0n) is 14.8. The predicted octanol–water partition coefficient (Wildman–Crippen LogP) is 3.45. The van der Waals surface area contributed by atoms with Gasteiger partial charge in [0.15, 0.2) is 6.61 Å². The molecule has 0 radical (unpaired) electrons. The molecule has 1 heterocycles. The number of esters is 1. The lowest BCUT2D eigenvalue weighted by atomic mass is 10.1. The number of nitrogens with one attached hydrogen (secondary N) is 1. The fourth-order valence-electron chi connectivity index (χ4n) is 2.91. The molecule has 0 saturated carbocycles. The Labute approximate surface area is 161 Å². The predicted molar refractivity (Wildman–Crippen MR) is 102 cm³/mol. The molecule has 0 aliphatic heterocycles. The van der Waals surface area contributed by atoms with E-state index in [1.807, 2.05) is 30.3 Å². The first-order chi connectivity index (χ1) is 13.2. The van der Waals surface area contributed by atoms with Crippen LogP contribution in [0.25, 0.3) is 0 Å². The van der Waals surface area contributed by atoms with Crippen molar-refractivity contribution in [2.75, 3.05) is 18.5 Å². The van der Waals surface area contributed by atoms with Crippen LogP contribution >= 0.6 is 11.3 Å². The number of hydrogen-bond acceptors (Lipinski definition) is 6. The second-order valence-electron chi connectivity index (χ2n) is 6.15. The van der Waals surface area contributed by atoms with Gasteiger partial charge in [-0.2, -0.15) is 5.26 Å². The Bertz CT molecular complexity index is 855. The van der Waals surface area contributed by atoms with Crippen molar-refractivity contribution in [3.05, 3.63) is 46.3 Å². The summed E-state index contributed by atoms with van der Waals surface area (Å²) in [6.07, 6.45) is 3.56. The molecule has 3 rings (SSSR count). The minimum absolute atomic E-state index is 0.177. The molecule has 1 aliphatic rings. The third kappa shape index (κ3) is 5.08. The molecule has 1 aromatic heterocycles. The minimum atomic E-state index is -0.448. The number of benzene rings is 1. The van der Waals surface area contributed by atoms with Crippen molar-refractivity contribution in [2.45, 2.75) is 32.1 Å². The van der Waals surface area contributed by atoms with E-state index in [4.69, 9.17) is 9.47 Å². The SMILES string of the molecule is N#Cc1c(NC(=O)COC(=O)CCCOc2ccccc2)sc2c1CCC2. The number of anilines is 1. The first-order valence-corrected chi connectivity index (χ1v) is 9.67. The highest BCUT2D eigenvalue weighted by molar-refractivity contribution is 7.16. The van der Waals surface area contributed by atoms with Crippen molar-refractivity contribution in [2.24, 2.45) is 0 Å². The Balaban J connectivity index is 1.37. The lowest BCUT2D eigenvalue weighted by Gasteiger charge is -2.07. The fraction of sp³-hybridized carbons (Fsp3) is 0.350. The highest BCUT2D eigenvalue weighted by atomic mass is 32.1. The van der Waals surface area contributed by atoms with Gasteiger partial charge in [0.1, 0.15) is 16.8 Å². The molecule has 0 spiro atoms. The largest absolute Gasteiger partial charge is 0.494 e. The zero-order chi connectivity index (χ0) is 19.1. The number of aryl methyl sites for hydroxylation is 1. The molecular formula is C20H20N2O4S. The van der Waals surface area contributed by atoms with Gasteiger partial charge in [0.2, 0.25) is 0 Å². The smallest absolute Gasteiger partial charge is 0.306 e. The molecule has 1 aliphatic carbocycles. The van der Waals surface area contributed by atoms with Crippen LogP contribution < -0.4 is 10.1 Å². The average Bonchev–Trinajstić information content (AvgIpc) is 3.25. The number of carbonyl (C=O) groups excluding carboxylic acids is 2. The molecule has 1 amide bonds. The van der Waals surface area contributed by atoms with E-state index in [1.54, 1.807) is 0 Å². The summed E-state index contributed by atoms with van der Waals surface area (Å²) in [4.78, 5) is 24.9. The van der Waals surface area contributed by atoms with Gasteiger partial charge in [-0.05, 0) is 43.4 Å². The topological polar surface area (TPSA) is 88.4 Å². The molecular weight excluding hydrogens is 364 g/mol. The van der Waals surface area contributed by atoms with Crippen LogP contribution in [0.2, 0.25) is 0 Å². The van der Waals surface area contributed by atoms with Crippen molar-refractivity contribution in [3.8, 4) is 11.8 Å². The normalized spacial score (nSPS) is 12.1. The van der Waals surface area contributed by atoms with Gasteiger partial charge in [-0.3, -0.25) is 9.59 Å². The van der Waals surface area contributed by atoms with Crippen LogP contribution in [-0.2, 0) is 27.2 Å². The van der Waals surface area contributed by atoms with Crippen LogP contribution in [0.5, 0.6) is 5.75 Å². The molecule has 2 aromatic rings. The van der Waals surface area contributed by atoms with Crippen LogP contribution in [-0.4, -0.2) is 25.1 Å². The van der Waals surface area contributed by atoms with E-state index in [-0.39, 0.29) is 13.0 Å². The van der Waals surface area contributed by atoms with E-state index in [2.05, 4.69) is 11.4 Å². The quantitative estimate of drug-likeness (QED) is 0.556. The Morgan fingerprint density at radius 3 is 2.81 bits per heavy atom. The van der Waals surface area contributed by atoms with Crippen LogP contribution in [0.15, 0.2) is 30.3 Å². The molecule has 7 heteroatoms. The van der Waals surface area contributed by atoms with Crippen molar-refractivity contribution >= 4 is 28.2 Å². The summed E-state index contributed by atoms with van der Waals surface area (Å²) >= 11 is 1.44. The number of fused-ring (bicyclic) bond motifs is 1. The lowest BCUT2D eigenvalue weighted by molar-refractivity contribution is -0.147. The Morgan fingerprint density at radius 1 is 1.22 bits per heavy atom. The molecule has 27 heavy (non-hydrogen) atoms. The summed E-state index contributed by atoms with van der Waals surface area (Å²) in [5.41, 5.74) is 1.60. The van der Waals surface area contributed by atoms with Gasteiger partial charge < -0.3 is 14.8 Å². The van der Waals surface area contributed by atoms with E-state index in [1.165, 1.54) is 11.3 Å². The summed E-state index contributed by atoms with van der Waals surface area (Å²) in [6.45, 7) is 0.0450. The van der Waals surface area contributed by atoms with Crippen LogP contribution in [0.3, 0.4) is 0 Å². The number of para-hydroxylation sites is 1. The summed E-state index contributed by atoms with van der Waals surface area (Å²) in [7, 11) is 0. The van der Waals surface area contributed by atoms with Gasteiger partial charge in [-0.25, -0.2) is 0 Å². The zero-order valence-corrected chi connectivity index (χ0v) is 15.6. The van der Waals surface area contributed by atoms with Gasteiger partial charge in [0.05, 0.1) is 12.2 Å². The van der Waals surface area contributed by atoms with Gasteiger partial charge in [-0.15, -0.1) is 11.3 Å². The van der Waals surface area contributed by atoms with Gasteiger partial charge in [0.25, 0.3) is 5.91 Å². The second kappa shape index (κ2) is 9.19. The maximum Gasteiger partial charge on any atom is 0.306 e. The number of nitrogens with zero attached hydrogens (tertiary/aromatic N) is 1. The Kier molecular flexibility index (Phi) is 6.44. The Hall–Kier alpha value is -2.85. The lowest BCUT2D eigenvalue weighted by Crippen LogP contribution is -2.21. The number of thiophene rings is 1. The van der Waals surface area contributed by atoms with Crippen LogP contribution in [0, 0.1) is 11.3 Å². The number of ether oxygens (including phenoxy) is 2. The maximum atomic E-state index is 12.0. The molecule has 1 aromatic carbocycles. The molecule has 0 saturated heterocycles. The van der Waals surface area contributed by atoms with Crippen molar-refractivity contribution < 1.29 is 19.1 Å². The molecule has 0 unspecified atom stereocenters. The molecule has 1 N–H and O–H groups in total. The van der Waals surface area contributed by atoms with Crippen molar-refractivity contribution in [1.29, 1.82) is 5.26 Å². The number of hydrogen-bond donors (Lipinski definition) is 1. The average molecular weight is 384 g/mol. The van der Waals surface area contributed by atoms with E-state index in [9.17, 15) is 14.9 Å². The van der Waals surface area contributed by atoms with E-state index in [0.717, 1.165) is 35.5 Å². The summed E-state index contributed by atoms with van der Waals surface area (Å²) in [5.74, 6) is -0.127. The minimum Gasteiger partial charge on any atom is -0.494 e. The van der Waals surface area contributed by atoms with Gasteiger partial charge in [-0.1, -0.05) is 18.2 Å². The number of amides is 1. The van der Waals surface area contributed by atoms with Crippen LogP contribution in [0.1, 0.15) is 35.3 Å². The monoisotopic (exact) mass is 384 g/mol. The standard InChI is InChI=1S/C20H20N2O4S/c21-12-16-15-8-4-9-17(15)27-20(16)22-18(23)13-26-19(24)10-5-11-25-14-6-2-1-3-7-14/h1-3,6-7H,4-5,8-11,13H2,(H,22,23). The summed E-state index contributed by atoms with van der Waals surface area (Å²) in [6, 6.07) is 11.5. The third-order valence-electron chi connectivity index (χ3n) is 4.19. The number of rotatable bonds is 8. The van der Waals surface area contributed by atoms with Crippen molar-refractivity contribution in [1.82, 2.24) is 0 Å². The summed E-state index contributed by atoms with van der Waals surface area (Å²) in [5, 5.41) is 12.6. The molecule has 0 bridgehead atoms. The summed E-state index contributed by atoms with van der Waals surface area (Å²) < 4.78 is 10.5. The highest BCUT2D eigenvalue weighted by Gasteiger charge is 2.23.